The largest absolute Gasteiger partial charge is 0.377 e. The molecular formula is C24H30N4O. The van der Waals surface area contributed by atoms with E-state index >= 15 is 0 Å². The number of hydrogen-bond donors (Lipinski definition) is 0. The molecule has 3 aromatic heterocycles. The Morgan fingerprint density at radius 1 is 1.14 bits per heavy atom. The van der Waals surface area contributed by atoms with Crippen molar-refractivity contribution >= 4 is 0 Å². The van der Waals surface area contributed by atoms with Gasteiger partial charge in [0.25, 0.3) is 0 Å². The van der Waals surface area contributed by atoms with E-state index in [1.54, 1.807) is 0 Å². The zero-order valence-electron chi connectivity index (χ0n) is 17.4. The Labute approximate surface area is 173 Å². The average molecular weight is 391 g/mol. The van der Waals surface area contributed by atoms with Gasteiger partial charge in [0.1, 0.15) is 0 Å². The first-order valence-corrected chi connectivity index (χ1v) is 10.5. The first-order valence-electron chi connectivity index (χ1n) is 10.5. The van der Waals surface area contributed by atoms with Crippen LogP contribution in [0.15, 0.2) is 55.0 Å². The van der Waals surface area contributed by atoms with Crippen LogP contribution in [0.3, 0.4) is 0 Å². The molecule has 0 amide bonds. The Hall–Kier alpha value is -2.50. The van der Waals surface area contributed by atoms with Crippen molar-refractivity contribution in [3.05, 3.63) is 83.2 Å². The van der Waals surface area contributed by atoms with Gasteiger partial charge in [0.2, 0.25) is 0 Å². The minimum absolute atomic E-state index is 0.331. The predicted octanol–water partition coefficient (Wildman–Crippen LogP) is 4.12. The van der Waals surface area contributed by atoms with E-state index in [2.05, 4.69) is 57.5 Å². The van der Waals surface area contributed by atoms with Gasteiger partial charge in [-0.1, -0.05) is 12.1 Å². The quantitative estimate of drug-likeness (QED) is 0.580. The van der Waals surface area contributed by atoms with Crippen LogP contribution in [0, 0.1) is 13.8 Å². The fraction of sp³-hybridized carbons (Fsp3) is 0.417. The summed E-state index contributed by atoms with van der Waals surface area (Å²) < 4.78 is 8.31. The van der Waals surface area contributed by atoms with Crippen LogP contribution in [0.4, 0.5) is 0 Å². The van der Waals surface area contributed by atoms with Crippen LogP contribution in [0.5, 0.6) is 0 Å². The molecule has 3 aromatic rings. The molecule has 4 heterocycles. The van der Waals surface area contributed by atoms with Gasteiger partial charge in [-0.15, -0.1) is 0 Å². The summed E-state index contributed by atoms with van der Waals surface area (Å²) in [6, 6.07) is 12.6. The van der Waals surface area contributed by atoms with Crippen LogP contribution in [-0.4, -0.2) is 38.7 Å². The summed E-state index contributed by atoms with van der Waals surface area (Å²) in [5.74, 6) is 0. The number of aryl methyl sites for hydroxylation is 1. The molecule has 29 heavy (non-hydrogen) atoms. The van der Waals surface area contributed by atoms with Gasteiger partial charge in [-0.2, -0.15) is 0 Å². The fourth-order valence-corrected chi connectivity index (χ4v) is 4.17. The first kappa shape index (κ1) is 19.8. The van der Waals surface area contributed by atoms with Crippen molar-refractivity contribution in [2.24, 2.45) is 0 Å². The number of hydrogen-bond acceptors (Lipinski definition) is 4. The van der Waals surface area contributed by atoms with Crippen molar-refractivity contribution in [3.63, 3.8) is 0 Å². The topological polar surface area (TPSA) is 43.2 Å². The van der Waals surface area contributed by atoms with Crippen molar-refractivity contribution in [3.8, 4) is 0 Å². The van der Waals surface area contributed by atoms with E-state index in [4.69, 9.17) is 4.74 Å². The average Bonchev–Trinajstić information content (AvgIpc) is 3.33. The number of nitrogens with zero attached hydrogens (tertiary/aromatic N) is 4. The van der Waals surface area contributed by atoms with Gasteiger partial charge in [0.15, 0.2) is 0 Å². The highest BCUT2D eigenvalue weighted by Crippen LogP contribution is 2.21. The molecule has 0 bridgehead atoms. The Kier molecular flexibility index (Phi) is 6.37. The van der Waals surface area contributed by atoms with Crippen molar-refractivity contribution in [1.29, 1.82) is 0 Å². The molecule has 0 aliphatic carbocycles. The highest BCUT2D eigenvalue weighted by atomic mass is 16.5. The minimum atomic E-state index is 0.331. The second-order valence-electron chi connectivity index (χ2n) is 7.97. The van der Waals surface area contributed by atoms with Crippen molar-refractivity contribution in [2.45, 2.75) is 52.4 Å². The third-order valence-corrected chi connectivity index (χ3v) is 5.73. The maximum atomic E-state index is 5.92. The maximum absolute atomic E-state index is 5.92. The molecule has 1 unspecified atom stereocenters. The van der Waals surface area contributed by atoms with E-state index in [0.717, 1.165) is 44.9 Å². The summed E-state index contributed by atoms with van der Waals surface area (Å²) in [4.78, 5) is 11.3. The SMILES string of the molecule is Cc1cc(CN(Cc2ccccn2)CC2CCCO2)c(C)n1Cc1cccnc1. The molecule has 1 atom stereocenters. The van der Waals surface area contributed by atoms with Crippen LogP contribution >= 0.6 is 0 Å². The molecule has 152 valence electrons. The molecule has 1 saturated heterocycles. The molecule has 1 aliphatic heterocycles. The summed E-state index contributed by atoms with van der Waals surface area (Å²) in [7, 11) is 0. The molecule has 5 heteroatoms. The van der Waals surface area contributed by atoms with Crippen LogP contribution in [-0.2, 0) is 24.4 Å². The summed E-state index contributed by atoms with van der Waals surface area (Å²) in [6.45, 7) is 8.86. The Morgan fingerprint density at radius 3 is 2.79 bits per heavy atom. The molecule has 1 aliphatic rings. The highest BCUT2D eigenvalue weighted by Gasteiger charge is 2.21. The molecule has 1 fully saturated rings. The molecule has 4 rings (SSSR count). The second kappa shape index (κ2) is 9.33. The van der Waals surface area contributed by atoms with Crippen molar-refractivity contribution < 1.29 is 4.74 Å². The number of pyridine rings is 2. The van der Waals surface area contributed by atoms with Gasteiger partial charge in [0, 0.05) is 62.8 Å². The smallest absolute Gasteiger partial charge is 0.0703 e. The number of rotatable bonds is 8. The van der Waals surface area contributed by atoms with Crippen LogP contribution in [0.2, 0.25) is 0 Å². The van der Waals surface area contributed by atoms with Crippen molar-refractivity contribution in [2.75, 3.05) is 13.2 Å². The fourth-order valence-electron chi connectivity index (χ4n) is 4.17. The lowest BCUT2D eigenvalue weighted by molar-refractivity contribution is 0.0674. The third-order valence-electron chi connectivity index (χ3n) is 5.73. The van der Waals surface area contributed by atoms with E-state index in [-0.39, 0.29) is 0 Å². The normalized spacial score (nSPS) is 16.6. The summed E-state index contributed by atoms with van der Waals surface area (Å²) in [5.41, 5.74) is 6.32. The Balaban J connectivity index is 1.52. The van der Waals surface area contributed by atoms with E-state index in [9.17, 15) is 0 Å². The Bertz CT molecular complexity index is 901. The summed E-state index contributed by atoms with van der Waals surface area (Å²) >= 11 is 0. The molecular weight excluding hydrogens is 360 g/mol. The predicted molar refractivity (Wildman–Crippen MR) is 115 cm³/mol. The van der Waals surface area contributed by atoms with Gasteiger partial charge in [-0.3, -0.25) is 14.9 Å². The second-order valence-corrected chi connectivity index (χ2v) is 7.97. The highest BCUT2D eigenvalue weighted by molar-refractivity contribution is 5.28. The molecule has 0 aromatic carbocycles. The van der Waals surface area contributed by atoms with Gasteiger partial charge in [-0.05, 0) is 62.1 Å². The summed E-state index contributed by atoms with van der Waals surface area (Å²) in [6.07, 6.45) is 8.30. The minimum Gasteiger partial charge on any atom is -0.377 e. The van der Waals surface area contributed by atoms with Gasteiger partial charge in [-0.25, -0.2) is 0 Å². The lowest BCUT2D eigenvalue weighted by Crippen LogP contribution is -2.32. The molecule has 0 spiro atoms. The summed E-state index contributed by atoms with van der Waals surface area (Å²) in [5, 5.41) is 0. The zero-order valence-corrected chi connectivity index (χ0v) is 17.4. The lowest BCUT2D eigenvalue weighted by Gasteiger charge is -2.25. The number of aromatic nitrogens is 3. The van der Waals surface area contributed by atoms with Crippen LogP contribution in [0.1, 0.15) is 41.1 Å². The maximum Gasteiger partial charge on any atom is 0.0703 e. The van der Waals surface area contributed by atoms with E-state index in [0.29, 0.717) is 6.10 Å². The van der Waals surface area contributed by atoms with Crippen molar-refractivity contribution in [1.82, 2.24) is 19.4 Å². The van der Waals surface area contributed by atoms with E-state index < -0.39 is 0 Å². The van der Waals surface area contributed by atoms with Crippen LogP contribution in [0.25, 0.3) is 0 Å². The van der Waals surface area contributed by atoms with Gasteiger partial charge in [0.05, 0.1) is 11.8 Å². The standard InChI is InChI=1S/C24H30N4O/c1-19-13-22(20(2)28(19)15-21-7-5-10-25-14-21)16-27(18-24-9-6-12-29-24)17-23-8-3-4-11-26-23/h3-5,7-8,10-11,13-14,24H,6,9,12,15-18H2,1-2H3. The number of ether oxygens (including phenoxy) is 1. The van der Waals surface area contributed by atoms with Gasteiger partial charge >= 0.3 is 0 Å². The third kappa shape index (κ3) is 5.11. The molecule has 0 N–H and O–H groups in total. The monoisotopic (exact) mass is 390 g/mol. The molecule has 0 saturated carbocycles. The van der Waals surface area contributed by atoms with E-state index in [1.165, 1.54) is 28.9 Å². The molecule has 5 nitrogen and oxygen atoms in total. The Morgan fingerprint density at radius 2 is 2.07 bits per heavy atom. The lowest BCUT2D eigenvalue weighted by atomic mass is 10.1. The zero-order chi connectivity index (χ0) is 20.1. The van der Waals surface area contributed by atoms with Gasteiger partial charge < -0.3 is 9.30 Å². The first-order chi connectivity index (χ1) is 14.2. The molecule has 0 radical (unpaired) electrons. The van der Waals surface area contributed by atoms with Crippen LogP contribution < -0.4 is 0 Å². The van der Waals surface area contributed by atoms with E-state index in [1.807, 2.05) is 30.7 Å².